The number of halogens is 1. The second-order valence-corrected chi connectivity index (χ2v) is 8.75. The number of aromatic nitrogens is 4. The van der Waals surface area contributed by atoms with Crippen molar-refractivity contribution in [2.24, 2.45) is 0 Å². The number of hydrogen-bond donors (Lipinski definition) is 1. The van der Waals surface area contributed by atoms with E-state index >= 15 is 0 Å². The van der Waals surface area contributed by atoms with Crippen molar-refractivity contribution in [1.29, 1.82) is 0 Å². The number of pyridine rings is 1. The number of anilines is 1. The number of nitrogen functional groups attached to an aromatic ring is 1. The van der Waals surface area contributed by atoms with Crippen LogP contribution in [-0.2, 0) is 0 Å². The third-order valence-electron chi connectivity index (χ3n) is 6.26. The summed E-state index contributed by atoms with van der Waals surface area (Å²) >= 11 is 6.81. The summed E-state index contributed by atoms with van der Waals surface area (Å²) in [5.74, 6) is 0.460. The maximum absolute atomic E-state index is 6.81. The van der Waals surface area contributed by atoms with Crippen LogP contribution in [0, 0.1) is 0 Å². The Morgan fingerprint density at radius 3 is 2.58 bits per heavy atom. The van der Waals surface area contributed by atoms with E-state index in [4.69, 9.17) is 22.3 Å². The summed E-state index contributed by atoms with van der Waals surface area (Å²) in [6.07, 6.45) is 6.84. The third-order valence-corrected chi connectivity index (χ3v) is 6.58. The van der Waals surface area contributed by atoms with E-state index in [0.717, 1.165) is 63.6 Å². The van der Waals surface area contributed by atoms with Crippen LogP contribution < -0.4 is 5.73 Å². The van der Waals surface area contributed by atoms with Crippen molar-refractivity contribution >= 4 is 39.4 Å². The molecule has 1 unspecified atom stereocenters. The highest BCUT2D eigenvalue weighted by molar-refractivity contribution is 6.34. The van der Waals surface area contributed by atoms with Gasteiger partial charge in [-0.1, -0.05) is 68.3 Å². The molecule has 6 heteroatoms. The molecule has 0 fully saturated rings. The largest absolute Gasteiger partial charge is 0.383 e. The zero-order valence-corrected chi connectivity index (χ0v) is 19.5. The monoisotopic (exact) mass is 455 g/mol. The second kappa shape index (κ2) is 8.83. The Kier molecular flexibility index (Phi) is 5.73. The van der Waals surface area contributed by atoms with Gasteiger partial charge in [-0.05, 0) is 31.0 Å². The van der Waals surface area contributed by atoms with Gasteiger partial charge in [-0.25, -0.2) is 15.0 Å². The van der Waals surface area contributed by atoms with Crippen LogP contribution in [-0.4, -0.2) is 19.5 Å². The molecule has 2 N–H and O–H groups in total. The fourth-order valence-corrected chi connectivity index (χ4v) is 4.86. The first-order valence-electron chi connectivity index (χ1n) is 11.4. The first kappa shape index (κ1) is 21.4. The fraction of sp³-hybridized carbons (Fsp3) is 0.222. The molecule has 0 bridgehead atoms. The number of rotatable bonds is 6. The molecule has 3 heterocycles. The van der Waals surface area contributed by atoms with Crippen LogP contribution in [0.4, 0.5) is 5.82 Å². The second-order valence-electron chi connectivity index (χ2n) is 8.35. The van der Waals surface area contributed by atoms with Gasteiger partial charge < -0.3 is 10.3 Å². The van der Waals surface area contributed by atoms with Crippen molar-refractivity contribution in [3.63, 3.8) is 0 Å². The van der Waals surface area contributed by atoms with Crippen LogP contribution in [0.5, 0.6) is 0 Å². The zero-order valence-electron chi connectivity index (χ0n) is 18.8. The lowest BCUT2D eigenvalue weighted by Gasteiger charge is -2.16. The molecule has 5 rings (SSSR count). The minimum absolute atomic E-state index is 0.336. The van der Waals surface area contributed by atoms with Crippen LogP contribution in [0.25, 0.3) is 44.3 Å². The Labute approximate surface area is 198 Å². The van der Waals surface area contributed by atoms with Gasteiger partial charge in [0.05, 0.1) is 16.6 Å². The molecule has 1 atom stereocenters. The van der Waals surface area contributed by atoms with Crippen LogP contribution in [0.1, 0.15) is 39.2 Å². The Morgan fingerprint density at radius 1 is 1.00 bits per heavy atom. The topological polar surface area (TPSA) is 69.6 Å². The Morgan fingerprint density at radius 2 is 1.82 bits per heavy atom. The lowest BCUT2D eigenvalue weighted by molar-refractivity contribution is 0.458. The molecular formula is C27H26ClN5. The van der Waals surface area contributed by atoms with Gasteiger partial charge in [0.25, 0.3) is 0 Å². The number of nitrogens with zero attached hydrogens (tertiary/aromatic N) is 4. The number of hydrogen-bond acceptors (Lipinski definition) is 4. The summed E-state index contributed by atoms with van der Waals surface area (Å²) in [6, 6.07) is 18.6. The summed E-state index contributed by atoms with van der Waals surface area (Å²) in [6.45, 7) is 4.41. The van der Waals surface area contributed by atoms with Crippen LogP contribution in [0.3, 0.4) is 0 Å². The van der Waals surface area contributed by atoms with E-state index in [-0.39, 0.29) is 0 Å². The lowest BCUT2D eigenvalue weighted by Crippen LogP contribution is -2.07. The highest BCUT2D eigenvalue weighted by atomic mass is 35.5. The number of nitrogens with two attached hydrogens (primary N) is 1. The maximum Gasteiger partial charge on any atom is 0.146 e. The molecule has 3 aromatic heterocycles. The predicted octanol–water partition coefficient (Wildman–Crippen LogP) is 7.30. The van der Waals surface area contributed by atoms with Crippen molar-refractivity contribution < 1.29 is 0 Å². The van der Waals surface area contributed by atoms with Gasteiger partial charge in [-0.3, -0.25) is 0 Å². The minimum Gasteiger partial charge on any atom is -0.383 e. The average Bonchev–Trinajstić information content (AvgIpc) is 3.23. The molecule has 2 aromatic carbocycles. The SMILES string of the molecule is CCCC(CC)n1cc(-c2cc3nc(-c4ccccc4)ccc3cc2Cl)c2c(N)ncnc21. The Balaban J connectivity index is 1.73. The van der Waals surface area contributed by atoms with Gasteiger partial charge >= 0.3 is 0 Å². The van der Waals surface area contributed by atoms with Gasteiger partial charge in [0.1, 0.15) is 17.8 Å². The van der Waals surface area contributed by atoms with Crippen LogP contribution >= 0.6 is 11.6 Å². The van der Waals surface area contributed by atoms with Gasteiger partial charge in [-0.15, -0.1) is 0 Å². The first-order chi connectivity index (χ1) is 16.1. The van der Waals surface area contributed by atoms with Crippen molar-refractivity contribution in [2.45, 2.75) is 39.2 Å². The van der Waals surface area contributed by atoms with Crippen molar-refractivity contribution in [2.75, 3.05) is 5.73 Å². The van der Waals surface area contributed by atoms with Gasteiger partial charge in [0, 0.05) is 39.3 Å². The van der Waals surface area contributed by atoms with Gasteiger partial charge in [0.2, 0.25) is 0 Å². The number of benzene rings is 2. The Hall–Kier alpha value is -3.44. The highest BCUT2D eigenvalue weighted by Crippen LogP contribution is 2.40. The molecule has 0 amide bonds. The third kappa shape index (κ3) is 3.83. The molecule has 33 heavy (non-hydrogen) atoms. The molecule has 0 aliphatic rings. The maximum atomic E-state index is 6.81. The van der Waals surface area contributed by atoms with Gasteiger partial charge in [0.15, 0.2) is 0 Å². The lowest BCUT2D eigenvalue weighted by atomic mass is 10.0. The van der Waals surface area contributed by atoms with E-state index < -0.39 is 0 Å². The summed E-state index contributed by atoms with van der Waals surface area (Å²) in [4.78, 5) is 13.8. The molecule has 0 radical (unpaired) electrons. The summed E-state index contributed by atoms with van der Waals surface area (Å²) < 4.78 is 2.24. The van der Waals surface area contributed by atoms with E-state index in [1.165, 1.54) is 6.33 Å². The van der Waals surface area contributed by atoms with E-state index in [9.17, 15) is 0 Å². The Bertz CT molecular complexity index is 1440. The van der Waals surface area contributed by atoms with E-state index in [0.29, 0.717) is 16.9 Å². The highest BCUT2D eigenvalue weighted by Gasteiger charge is 2.21. The molecule has 0 saturated carbocycles. The zero-order chi connectivity index (χ0) is 22.9. The van der Waals surface area contributed by atoms with Gasteiger partial charge in [-0.2, -0.15) is 0 Å². The molecule has 0 saturated heterocycles. The number of fused-ring (bicyclic) bond motifs is 2. The molecule has 5 aromatic rings. The minimum atomic E-state index is 0.336. The fourth-order valence-electron chi connectivity index (χ4n) is 4.58. The molecule has 0 aliphatic carbocycles. The summed E-state index contributed by atoms with van der Waals surface area (Å²) in [5.41, 5.74) is 11.9. The van der Waals surface area contributed by atoms with E-state index in [1.807, 2.05) is 30.3 Å². The molecule has 0 spiro atoms. The molecular weight excluding hydrogens is 430 g/mol. The predicted molar refractivity (Wildman–Crippen MR) is 137 cm³/mol. The first-order valence-corrected chi connectivity index (χ1v) is 11.8. The quantitative estimate of drug-likeness (QED) is 0.291. The van der Waals surface area contributed by atoms with Crippen molar-refractivity contribution in [3.05, 3.63) is 72.1 Å². The normalized spacial score (nSPS) is 12.5. The average molecular weight is 456 g/mol. The van der Waals surface area contributed by atoms with Crippen molar-refractivity contribution in [1.82, 2.24) is 19.5 Å². The van der Waals surface area contributed by atoms with Crippen molar-refractivity contribution in [3.8, 4) is 22.4 Å². The molecule has 166 valence electrons. The summed E-state index contributed by atoms with van der Waals surface area (Å²) in [7, 11) is 0. The standard InChI is InChI=1S/C27H26ClN5/c1-3-8-19(4-2)33-15-21(25-26(29)30-16-31-27(25)33)20-14-24-18(13-22(20)28)11-12-23(32-24)17-9-6-5-7-10-17/h5-7,9-16,19H,3-4,8H2,1-2H3,(H2,29,30,31). The summed E-state index contributed by atoms with van der Waals surface area (Å²) in [5, 5.41) is 2.49. The molecule has 5 nitrogen and oxygen atoms in total. The smallest absolute Gasteiger partial charge is 0.146 e. The van der Waals surface area contributed by atoms with Crippen LogP contribution in [0.15, 0.2) is 67.1 Å². The van der Waals surface area contributed by atoms with E-state index in [2.05, 4.69) is 58.8 Å². The van der Waals surface area contributed by atoms with Crippen LogP contribution in [0.2, 0.25) is 5.02 Å². The van der Waals surface area contributed by atoms with E-state index in [1.54, 1.807) is 0 Å². The molecule has 0 aliphatic heterocycles.